The molecule has 0 atom stereocenters. The molecule has 0 spiro atoms. The third kappa shape index (κ3) is 3.35. The third-order valence-electron chi connectivity index (χ3n) is 3.80. The summed E-state index contributed by atoms with van der Waals surface area (Å²) in [5, 5.41) is 0. The van der Waals surface area contributed by atoms with Crippen molar-refractivity contribution in [1.82, 2.24) is 0 Å². The monoisotopic (exact) mass is 338 g/mol. The van der Waals surface area contributed by atoms with Gasteiger partial charge < -0.3 is 18.6 Å². The van der Waals surface area contributed by atoms with Crippen LogP contribution in [0.5, 0.6) is 17.2 Å². The van der Waals surface area contributed by atoms with Crippen molar-refractivity contribution in [1.29, 1.82) is 0 Å². The first-order valence-electron chi connectivity index (χ1n) is 7.67. The fourth-order valence-electron chi connectivity index (χ4n) is 2.58. The molecule has 0 aliphatic carbocycles. The van der Waals surface area contributed by atoms with Crippen molar-refractivity contribution in [2.45, 2.75) is 0 Å². The van der Waals surface area contributed by atoms with E-state index in [1.807, 2.05) is 30.3 Å². The highest BCUT2D eigenvalue weighted by Crippen LogP contribution is 2.40. The standard InChI is InChI=1S/C20H18O5/c1-22-17-12-20(24-3)19(23-2)11-15(17)18-10-14(21)9-16(25-18)13-7-5-4-6-8-13/h4-12H,1-3H3. The Hall–Kier alpha value is -3.21. The van der Waals surface area contributed by atoms with Gasteiger partial charge in [-0.2, -0.15) is 0 Å². The minimum absolute atomic E-state index is 0.156. The molecule has 1 heterocycles. The lowest BCUT2D eigenvalue weighted by molar-refractivity contribution is 0.349. The van der Waals surface area contributed by atoms with Crippen molar-refractivity contribution >= 4 is 0 Å². The summed E-state index contributed by atoms with van der Waals surface area (Å²) < 4.78 is 22.0. The fraction of sp³-hybridized carbons (Fsp3) is 0.150. The molecule has 25 heavy (non-hydrogen) atoms. The average molecular weight is 338 g/mol. The van der Waals surface area contributed by atoms with Crippen LogP contribution in [0.4, 0.5) is 0 Å². The lowest BCUT2D eigenvalue weighted by Crippen LogP contribution is -2.00. The summed E-state index contributed by atoms with van der Waals surface area (Å²) in [6.07, 6.45) is 0. The van der Waals surface area contributed by atoms with Gasteiger partial charge in [-0.25, -0.2) is 0 Å². The number of ether oxygens (including phenoxy) is 3. The van der Waals surface area contributed by atoms with E-state index in [0.29, 0.717) is 34.3 Å². The molecule has 3 rings (SSSR count). The molecule has 0 unspecified atom stereocenters. The summed E-state index contributed by atoms with van der Waals surface area (Å²) in [5.41, 5.74) is 1.27. The molecule has 0 saturated heterocycles. The Morgan fingerprint density at radius 3 is 1.96 bits per heavy atom. The Kier molecular flexibility index (Phi) is 4.75. The smallest absolute Gasteiger partial charge is 0.186 e. The molecule has 0 aliphatic rings. The van der Waals surface area contributed by atoms with Crippen LogP contribution in [-0.2, 0) is 0 Å². The highest BCUT2D eigenvalue weighted by atomic mass is 16.5. The van der Waals surface area contributed by atoms with Gasteiger partial charge in [-0.1, -0.05) is 30.3 Å². The molecule has 0 radical (unpaired) electrons. The first kappa shape index (κ1) is 16.6. The van der Waals surface area contributed by atoms with Crippen LogP contribution in [0.2, 0.25) is 0 Å². The van der Waals surface area contributed by atoms with Crippen LogP contribution in [-0.4, -0.2) is 21.3 Å². The van der Waals surface area contributed by atoms with E-state index in [1.54, 1.807) is 33.5 Å². The zero-order valence-electron chi connectivity index (χ0n) is 14.2. The summed E-state index contributed by atoms with van der Waals surface area (Å²) in [6, 6.07) is 15.8. The van der Waals surface area contributed by atoms with E-state index in [4.69, 9.17) is 18.6 Å². The van der Waals surface area contributed by atoms with Crippen LogP contribution in [0.1, 0.15) is 0 Å². The summed E-state index contributed by atoms with van der Waals surface area (Å²) >= 11 is 0. The normalized spacial score (nSPS) is 10.4. The number of benzene rings is 2. The van der Waals surface area contributed by atoms with E-state index >= 15 is 0 Å². The first-order chi connectivity index (χ1) is 12.2. The molecular weight excluding hydrogens is 320 g/mol. The topological polar surface area (TPSA) is 57.9 Å². The molecule has 0 fully saturated rings. The van der Waals surface area contributed by atoms with Crippen molar-refractivity contribution in [2.24, 2.45) is 0 Å². The lowest BCUT2D eigenvalue weighted by atomic mass is 10.1. The number of hydrogen-bond donors (Lipinski definition) is 0. The highest BCUT2D eigenvalue weighted by Gasteiger charge is 2.16. The highest BCUT2D eigenvalue weighted by molar-refractivity contribution is 5.72. The zero-order chi connectivity index (χ0) is 17.8. The van der Waals surface area contributed by atoms with Crippen molar-refractivity contribution in [2.75, 3.05) is 21.3 Å². The first-order valence-corrected chi connectivity index (χ1v) is 7.67. The maximum Gasteiger partial charge on any atom is 0.186 e. The maximum atomic E-state index is 12.2. The lowest BCUT2D eigenvalue weighted by Gasteiger charge is -2.14. The Labute approximate surface area is 145 Å². The van der Waals surface area contributed by atoms with Crippen LogP contribution in [0, 0.1) is 0 Å². The van der Waals surface area contributed by atoms with E-state index in [9.17, 15) is 4.79 Å². The van der Waals surface area contributed by atoms with Gasteiger partial charge in [0.05, 0.1) is 26.9 Å². The van der Waals surface area contributed by atoms with Gasteiger partial charge in [-0.15, -0.1) is 0 Å². The van der Waals surface area contributed by atoms with E-state index < -0.39 is 0 Å². The summed E-state index contributed by atoms with van der Waals surface area (Å²) in [5.74, 6) is 2.45. The van der Waals surface area contributed by atoms with Gasteiger partial charge in [0.1, 0.15) is 17.3 Å². The Morgan fingerprint density at radius 1 is 0.720 bits per heavy atom. The van der Waals surface area contributed by atoms with Crippen molar-refractivity contribution in [3.63, 3.8) is 0 Å². The molecule has 0 aliphatic heterocycles. The van der Waals surface area contributed by atoms with Gasteiger partial charge in [0.15, 0.2) is 16.9 Å². The predicted molar refractivity (Wildman–Crippen MR) is 95.5 cm³/mol. The van der Waals surface area contributed by atoms with Crippen LogP contribution in [0.25, 0.3) is 22.6 Å². The fourth-order valence-corrected chi connectivity index (χ4v) is 2.58. The summed E-state index contributed by atoms with van der Waals surface area (Å²) in [6.45, 7) is 0. The van der Waals surface area contributed by atoms with E-state index in [-0.39, 0.29) is 5.43 Å². The molecule has 5 heteroatoms. The van der Waals surface area contributed by atoms with Gasteiger partial charge in [0.25, 0.3) is 0 Å². The molecule has 3 aromatic rings. The van der Waals surface area contributed by atoms with Gasteiger partial charge in [0, 0.05) is 23.8 Å². The Bertz CT molecular complexity index is 929. The Morgan fingerprint density at radius 2 is 1.32 bits per heavy atom. The van der Waals surface area contributed by atoms with Crippen molar-refractivity contribution in [3.8, 4) is 39.9 Å². The molecule has 0 saturated carbocycles. The molecular formula is C20H18O5. The second-order valence-electron chi connectivity index (χ2n) is 5.30. The van der Waals surface area contributed by atoms with E-state index in [0.717, 1.165) is 5.56 Å². The van der Waals surface area contributed by atoms with Crippen LogP contribution < -0.4 is 19.6 Å². The maximum absolute atomic E-state index is 12.2. The van der Waals surface area contributed by atoms with Crippen molar-refractivity contribution in [3.05, 3.63) is 64.8 Å². The number of methoxy groups -OCH3 is 3. The van der Waals surface area contributed by atoms with Crippen LogP contribution >= 0.6 is 0 Å². The van der Waals surface area contributed by atoms with Gasteiger partial charge >= 0.3 is 0 Å². The molecule has 2 aromatic carbocycles. The number of hydrogen-bond acceptors (Lipinski definition) is 5. The third-order valence-corrected chi connectivity index (χ3v) is 3.80. The molecule has 1 aromatic heterocycles. The predicted octanol–water partition coefficient (Wildman–Crippen LogP) is 4.00. The zero-order valence-corrected chi connectivity index (χ0v) is 14.2. The minimum Gasteiger partial charge on any atom is -0.496 e. The molecule has 0 N–H and O–H groups in total. The largest absolute Gasteiger partial charge is 0.496 e. The van der Waals surface area contributed by atoms with Gasteiger partial charge in [0.2, 0.25) is 0 Å². The molecule has 0 amide bonds. The summed E-state index contributed by atoms with van der Waals surface area (Å²) in [7, 11) is 4.64. The minimum atomic E-state index is -0.156. The molecule has 0 bridgehead atoms. The second kappa shape index (κ2) is 7.13. The molecule has 128 valence electrons. The molecule has 5 nitrogen and oxygen atoms in total. The van der Waals surface area contributed by atoms with Crippen molar-refractivity contribution < 1.29 is 18.6 Å². The Balaban J connectivity index is 2.20. The average Bonchev–Trinajstić information content (AvgIpc) is 2.67. The van der Waals surface area contributed by atoms with Gasteiger partial charge in [-0.3, -0.25) is 4.79 Å². The SMILES string of the molecule is COc1cc(OC)c(-c2cc(=O)cc(-c3ccccc3)o2)cc1OC. The van der Waals surface area contributed by atoms with E-state index in [1.165, 1.54) is 12.1 Å². The second-order valence-corrected chi connectivity index (χ2v) is 5.30. The van der Waals surface area contributed by atoms with E-state index in [2.05, 4.69) is 0 Å². The quantitative estimate of drug-likeness (QED) is 0.704. The van der Waals surface area contributed by atoms with Gasteiger partial charge in [-0.05, 0) is 6.07 Å². The van der Waals surface area contributed by atoms with Crippen LogP contribution in [0.3, 0.4) is 0 Å². The summed E-state index contributed by atoms with van der Waals surface area (Å²) in [4.78, 5) is 12.2. The van der Waals surface area contributed by atoms with Crippen LogP contribution in [0.15, 0.2) is 63.8 Å². The number of rotatable bonds is 5.